The third-order valence-corrected chi connectivity index (χ3v) is 13.6. The van der Waals surface area contributed by atoms with Crippen LogP contribution < -0.4 is 31.5 Å². The monoisotopic (exact) mass is 943 g/mol. The smallest absolute Gasteiger partial charge is 0.268 e. The number of hydrogen-bond donors (Lipinski definition) is 5. The minimum Gasteiger partial charge on any atom is -0.384 e. The number of rotatable bonds is 23. The molecule has 0 bridgehead atoms. The Hall–Kier alpha value is -6.84. The molecule has 0 spiro atoms. The van der Waals surface area contributed by atoms with Crippen LogP contribution in [0.4, 0.5) is 11.4 Å². The van der Waals surface area contributed by atoms with Crippen molar-refractivity contribution in [2.75, 3.05) is 36.4 Å². The van der Waals surface area contributed by atoms with Crippen LogP contribution in [0.15, 0.2) is 72.8 Å². The van der Waals surface area contributed by atoms with E-state index in [4.69, 9.17) is 0 Å². The summed E-state index contributed by atoms with van der Waals surface area (Å²) >= 11 is 0. The number of piperidine rings is 1. The van der Waals surface area contributed by atoms with Gasteiger partial charge in [-0.3, -0.25) is 48.6 Å². The molecular formula is C53H66N8O8. The molecule has 2 fully saturated rings. The van der Waals surface area contributed by atoms with Crippen molar-refractivity contribution in [3.63, 3.8) is 0 Å². The second-order valence-electron chi connectivity index (χ2n) is 18.3. The summed E-state index contributed by atoms with van der Waals surface area (Å²) in [7, 11) is 0. The Bertz CT molecular complexity index is 2540. The van der Waals surface area contributed by atoms with E-state index >= 15 is 0 Å². The molecule has 1 saturated heterocycles. The molecule has 1 unspecified atom stereocenters. The van der Waals surface area contributed by atoms with Gasteiger partial charge in [0.25, 0.3) is 17.7 Å². The number of carbonyl (C=O) groups excluding carboxylic acids is 8. The van der Waals surface area contributed by atoms with Crippen molar-refractivity contribution in [1.29, 1.82) is 0 Å². The molecule has 5 N–H and O–H groups in total. The fourth-order valence-corrected chi connectivity index (χ4v) is 9.74. The lowest BCUT2D eigenvalue weighted by Crippen LogP contribution is -2.54. The number of likely N-dealkylation sites (N-methyl/N-ethyl adjacent to an activating group) is 1. The van der Waals surface area contributed by atoms with Crippen LogP contribution in [0, 0.1) is 5.92 Å². The van der Waals surface area contributed by atoms with Crippen LogP contribution in [0.25, 0.3) is 10.9 Å². The lowest BCUT2D eigenvalue weighted by molar-refractivity contribution is -0.136. The highest BCUT2D eigenvalue weighted by atomic mass is 16.2. The molecule has 3 aromatic carbocycles. The van der Waals surface area contributed by atoms with Crippen LogP contribution in [-0.2, 0) is 36.9 Å². The van der Waals surface area contributed by atoms with Gasteiger partial charge in [-0.1, -0.05) is 62.6 Å². The Labute approximate surface area is 403 Å². The van der Waals surface area contributed by atoms with E-state index in [1.165, 1.54) is 0 Å². The van der Waals surface area contributed by atoms with Crippen LogP contribution in [0.3, 0.4) is 0 Å². The highest BCUT2D eigenvalue weighted by Crippen LogP contribution is 2.33. The largest absolute Gasteiger partial charge is 0.384 e. The summed E-state index contributed by atoms with van der Waals surface area (Å²) in [6.07, 6.45) is 10.2. The van der Waals surface area contributed by atoms with Crippen molar-refractivity contribution < 1.29 is 38.4 Å². The van der Waals surface area contributed by atoms with Crippen molar-refractivity contribution in [2.24, 2.45) is 5.92 Å². The summed E-state index contributed by atoms with van der Waals surface area (Å²) in [6, 6.07) is 21.5. The van der Waals surface area contributed by atoms with Crippen LogP contribution in [-0.4, -0.2) is 95.0 Å². The molecular weight excluding hydrogens is 877 g/mol. The summed E-state index contributed by atoms with van der Waals surface area (Å²) in [5, 5.41) is 15.6. The molecule has 2 aliphatic heterocycles. The number of unbranched alkanes of at least 4 members (excludes halogenated alkanes) is 5. The lowest BCUT2D eigenvalue weighted by Gasteiger charge is -2.28. The number of nitrogens with one attached hydrogen (secondary N) is 5. The van der Waals surface area contributed by atoms with Crippen LogP contribution in [0.2, 0.25) is 0 Å². The molecule has 1 saturated carbocycles. The Morgan fingerprint density at radius 1 is 0.739 bits per heavy atom. The summed E-state index contributed by atoms with van der Waals surface area (Å²) in [4.78, 5) is 106. The van der Waals surface area contributed by atoms with E-state index in [1.807, 2.05) is 60.0 Å². The maximum atomic E-state index is 13.8. The zero-order chi connectivity index (χ0) is 48.9. The van der Waals surface area contributed by atoms with Crippen molar-refractivity contribution in [3.8, 4) is 0 Å². The van der Waals surface area contributed by atoms with Gasteiger partial charge in [-0.15, -0.1) is 0 Å². The first-order valence-corrected chi connectivity index (χ1v) is 24.9. The average molecular weight is 943 g/mol. The number of benzene rings is 3. The molecule has 3 aliphatic rings. The number of anilines is 2. The Morgan fingerprint density at radius 2 is 1.46 bits per heavy atom. The first-order chi connectivity index (χ1) is 33.5. The van der Waals surface area contributed by atoms with Crippen molar-refractivity contribution in [3.05, 3.63) is 95.2 Å². The number of nitrogens with zero attached hydrogens (tertiary/aromatic N) is 3. The highest BCUT2D eigenvalue weighted by Gasteiger charge is 2.45. The molecule has 3 heterocycles. The predicted octanol–water partition coefficient (Wildman–Crippen LogP) is 6.41. The SMILES string of the molecule is CCc1cccc(N(CC)C(=O)Cn2c(C(=O)NC3CCC(C(=O)NCCCCCCCC(=O)NCCCCNc4cccc5c4C(=O)N(C4CCC(=O)NC4=O)C5=O)CC3)cc3ccccc32)c1. The summed E-state index contributed by atoms with van der Waals surface area (Å²) in [5.74, 6) is -2.51. The number of amides is 8. The van der Waals surface area contributed by atoms with Gasteiger partial charge >= 0.3 is 0 Å². The van der Waals surface area contributed by atoms with E-state index in [9.17, 15) is 38.4 Å². The molecule has 1 atom stereocenters. The zero-order valence-electron chi connectivity index (χ0n) is 39.9. The minimum absolute atomic E-state index is 0.00562. The third-order valence-electron chi connectivity index (χ3n) is 13.6. The Kier molecular flexibility index (Phi) is 17.4. The van der Waals surface area contributed by atoms with Gasteiger partial charge in [0.1, 0.15) is 18.3 Å². The Balaban J connectivity index is 0.730. The van der Waals surface area contributed by atoms with Gasteiger partial charge in [-0.2, -0.15) is 0 Å². The van der Waals surface area contributed by atoms with Crippen molar-refractivity contribution in [1.82, 2.24) is 30.7 Å². The second kappa shape index (κ2) is 23.9. The molecule has 16 nitrogen and oxygen atoms in total. The van der Waals surface area contributed by atoms with Gasteiger partial charge in [-0.05, 0) is 113 Å². The van der Waals surface area contributed by atoms with E-state index < -0.39 is 29.7 Å². The average Bonchev–Trinajstić information content (AvgIpc) is 3.84. The standard InChI is InChI=1S/C53H66N8O8/c1-3-35-16-14-18-39(32-35)59(4-2)47(64)34-60-42-21-10-9-17-37(42)33-44(60)51(67)57-38-25-23-36(24-26-38)49(65)56-31-11-7-5-6-8-22-45(62)55-30-13-12-29-54-41-20-15-19-40-48(41)53(69)61(52(40)68)43-27-28-46(63)58-50(43)66/h9-10,14-21,32-33,36,38,43,54H,3-8,11-13,22-31,34H2,1-2H3,(H,55,62)(H,56,65)(H,57,67)(H,58,63,66). The number of imide groups is 2. The van der Waals surface area contributed by atoms with Crippen molar-refractivity contribution in [2.45, 2.75) is 129 Å². The van der Waals surface area contributed by atoms with Crippen molar-refractivity contribution >= 4 is 69.5 Å². The first kappa shape index (κ1) is 50.0. The molecule has 4 aromatic rings. The molecule has 366 valence electrons. The molecule has 1 aromatic heterocycles. The van der Waals surface area contributed by atoms with E-state index in [0.29, 0.717) is 76.1 Å². The van der Waals surface area contributed by atoms with Crippen LogP contribution in [0.5, 0.6) is 0 Å². The van der Waals surface area contributed by atoms with Crippen LogP contribution >= 0.6 is 0 Å². The maximum Gasteiger partial charge on any atom is 0.268 e. The van der Waals surface area contributed by atoms with Gasteiger partial charge in [0.2, 0.25) is 29.5 Å². The van der Waals surface area contributed by atoms with Gasteiger partial charge in [0.15, 0.2) is 0 Å². The summed E-state index contributed by atoms with van der Waals surface area (Å²) in [5.41, 5.74) is 4.23. The quantitative estimate of drug-likeness (QED) is 0.0411. The fraction of sp³-hybridized carbons (Fsp3) is 0.472. The molecule has 8 amide bonds. The third kappa shape index (κ3) is 12.4. The van der Waals surface area contributed by atoms with E-state index in [1.54, 1.807) is 23.1 Å². The number of hydrogen-bond acceptors (Lipinski definition) is 9. The lowest BCUT2D eigenvalue weighted by atomic mass is 9.85. The first-order valence-electron chi connectivity index (χ1n) is 24.9. The zero-order valence-corrected chi connectivity index (χ0v) is 39.9. The predicted molar refractivity (Wildman–Crippen MR) is 264 cm³/mol. The Morgan fingerprint density at radius 3 is 2.25 bits per heavy atom. The topological polar surface area (TPSA) is 208 Å². The van der Waals surface area contributed by atoms with Gasteiger partial charge < -0.3 is 30.7 Å². The second-order valence-corrected chi connectivity index (χ2v) is 18.3. The molecule has 16 heteroatoms. The summed E-state index contributed by atoms with van der Waals surface area (Å²) < 4.78 is 1.82. The van der Waals surface area contributed by atoms with Gasteiger partial charge in [0, 0.05) is 73.3 Å². The normalized spacial score (nSPS) is 17.9. The van der Waals surface area contributed by atoms with E-state index in [2.05, 4.69) is 39.6 Å². The number of para-hydroxylation sites is 1. The van der Waals surface area contributed by atoms with E-state index in [0.717, 1.165) is 72.0 Å². The maximum absolute atomic E-state index is 13.8. The highest BCUT2D eigenvalue weighted by molar-refractivity contribution is 6.25. The van der Waals surface area contributed by atoms with E-state index in [-0.39, 0.29) is 66.1 Å². The molecule has 69 heavy (non-hydrogen) atoms. The molecule has 7 rings (SSSR count). The number of aromatic nitrogens is 1. The van der Waals surface area contributed by atoms with Gasteiger partial charge in [0.05, 0.1) is 11.1 Å². The van der Waals surface area contributed by atoms with Gasteiger partial charge in [-0.25, -0.2) is 0 Å². The number of fused-ring (bicyclic) bond motifs is 2. The number of carbonyl (C=O) groups is 8. The van der Waals surface area contributed by atoms with Crippen LogP contribution in [0.1, 0.15) is 141 Å². The molecule has 0 radical (unpaired) electrons. The fourth-order valence-electron chi connectivity index (χ4n) is 9.74. The summed E-state index contributed by atoms with van der Waals surface area (Å²) in [6.45, 7) is 6.23. The number of aryl methyl sites for hydroxylation is 1. The molecule has 1 aliphatic carbocycles. The minimum atomic E-state index is -1.02.